The molecule has 1 amide bonds. The third-order valence-corrected chi connectivity index (χ3v) is 8.02. The number of nitrogens with zero attached hydrogens (tertiary/aromatic N) is 5. The van der Waals surface area contributed by atoms with Crippen molar-refractivity contribution in [2.75, 3.05) is 33.7 Å². The molecule has 4 heterocycles. The number of hydrogen-bond donors (Lipinski definition) is 1. The Balaban J connectivity index is 1.54. The molecule has 2 aromatic heterocycles. The van der Waals surface area contributed by atoms with Crippen LogP contribution in [0, 0.1) is 5.41 Å². The van der Waals surface area contributed by atoms with E-state index in [0.717, 1.165) is 18.7 Å². The van der Waals surface area contributed by atoms with Gasteiger partial charge in [-0.3, -0.25) is 9.78 Å². The first-order valence-electron chi connectivity index (χ1n) is 12.5. The fourth-order valence-corrected chi connectivity index (χ4v) is 5.97. The van der Waals surface area contributed by atoms with Crippen molar-refractivity contribution in [1.29, 1.82) is 0 Å². The first-order valence-corrected chi connectivity index (χ1v) is 12.5. The molecule has 0 radical (unpaired) electrons. The van der Waals surface area contributed by atoms with Crippen LogP contribution in [0.4, 0.5) is 0 Å². The van der Waals surface area contributed by atoms with Crippen molar-refractivity contribution in [1.82, 2.24) is 24.9 Å². The standard InChI is InChI=1S/C28H35N5O3/c1-18(2)19-7-9-21(10-8-19)28(35,27(4)16-32(5)17-27)22-11-20(13-29-14-22)24-30-25(36-31-24)26(3)12-23(34)33(6)15-26/h7-11,13-14,18,35H,12,15-17H2,1-6H3/t26-,28+/m1/s1. The summed E-state index contributed by atoms with van der Waals surface area (Å²) in [6.45, 7) is 10.5. The summed E-state index contributed by atoms with van der Waals surface area (Å²) in [5.41, 5.74) is 1.26. The van der Waals surface area contributed by atoms with E-state index in [0.29, 0.717) is 41.7 Å². The van der Waals surface area contributed by atoms with Crippen molar-refractivity contribution < 1.29 is 14.4 Å². The molecule has 0 bridgehead atoms. The summed E-state index contributed by atoms with van der Waals surface area (Å²) in [7, 11) is 3.84. The second kappa shape index (κ2) is 8.49. The molecule has 0 aliphatic carbocycles. The first-order chi connectivity index (χ1) is 16.9. The Morgan fingerprint density at radius 2 is 1.75 bits per heavy atom. The maximum atomic E-state index is 12.5. The van der Waals surface area contributed by atoms with Crippen LogP contribution in [0.3, 0.4) is 0 Å². The van der Waals surface area contributed by atoms with Crippen molar-refractivity contribution in [3.63, 3.8) is 0 Å². The lowest BCUT2D eigenvalue weighted by Crippen LogP contribution is -2.63. The van der Waals surface area contributed by atoms with E-state index < -0.39 is 16.4 Å². The molecule has 5 rings (SSSR count). The summed E-state index contributed by atoms with van der Waals surface area (Å²) in [5, 5.41) is 16.7. The van der Waals surface area contributed by atoms with Crippen LogP contribution in [0.1, 0.15) is 62.6 Å². The van der Waals surface area contributed by atoms with Gasteiger partial charge in [0.2, 0.25) is 17.6 Å². The second-order valence-corrected chi connectivity index (χ2v) is 11.6. The average molecular weight is 490 g/mol. The van der Waals surface area contributed by atoms with Gasteiger partial charge < -0.3 is 19.4 Å². The van der Waals surface area contributed by atoms with E-state index in [2.05, 4.69) is 60.0 Å². The molecule has 1 N–H and O–H groups in total. The number of carbonyl (C=O) groups is 1. The predicted octanol–water partition coefficient (Wildman–Crippen LogP) is 3.56. The van der Waals surface area contributed by atoms with E-state index in [-0.39, 0.29) is 5.91 Å². The molecule has 2 aliphatic heterocycles. The van der Waals surface area contributed by atoms with E-state index in [4.69, 9.17) is 4.52 Å². The van der Waals surface area contributed by atoms with E-state index in [9.17, 15) is 9.90 Å². The first kappa shape index (κ1) is 24.6. The maximum Gasteiger partial charge on any atom is 0.235 e. The van der Waals surface area contributed by atoms with E-state index in [1.807, 2.05) is 25.1 Å². The highest BCUT2D eigenvalue weighted by molar-refractivity contribution is 5.80. The summed E-state index contributed by atoms with van der Waals surface area (Å²) in [4.78, 5) is 25.2. The second-order valence-electron chi connectivity index (χ2n) is 11.6. The Morgan fingerprint density at radius 1 is 1.06 bits per heavy atom. The van der Waals surface area contributed by atoms with Crippen LogP contribution in [-0.4, -0.2) is 69.7 Å². The zero-order valence-corrected chi connectivity index (χ0v) is 21.9. The van der Waals surface area contributed by atoms with Gasteiger partial charge in [-0.1, -0.05) is 50.2 Å². The van der Waals surface area contributed by atoms with E-state index >= 15 is 0 Å². The molecule has 2 fully saturated rings. The van der Waals surface area contributed by atoms with Gasteiger partial charge in [0.15, 0.2) is 0 Å². The van der Waals surface area contributed by atoms with E-state index in [1.165, 1.54) is 5.56 Å². The number of hydrogen-bond acceptors (Lipinski definition) is 7. The number of amides is 1. The molecule has 2 saturated heterocycles. The Labute approximate surface area is 212 Å². The minimum atomic E-state index is -1.25. The highest BCUT2D eigenvalue weighted by Gasteiger charge is 2.55. The van der Waals surface area contributed by atoms with Crippen molar-refractivity contribution in [3.05, 3.63) is 65.3 Å². The lowest BCUT2D eigenvalue weighted by molar-refractivity contribution is -0.127. The molecular weight excluding hydrogens is 454 g/mol. The minimum absolute atomic E-state index is 0.0631. The van der Waals surface area contributed by atoms with Crippen molar-refractivity contribution >= 4 is 5.91 Å². The third kappa shape index (κ3) is 3.83. The molecule has 0 spiro atoms. The van der Waals surface area contributed by atoms with Crippen LogP contribution in [0.15, 0.2) is 47.2 Å². The van der Waals surface area contributed by atoms with Gasteiger partial charge in [0.25, 0.3) is 0 Å². The SMILES string of the molecule is CC(C)c1ccc([C@](O)(c2cncc(-c3noc([C@]4(C)CC(=O)N(C)C4)n3)c2)C2(C)CN(C)C2)cc1. The molecule has 190 valence electrons. The van der Waals surface area contributed by atoms with Crippen LogP contribution >= 0.6 is 0 Å². The molecule has 36 heavy (non-hydrogen) atoms. The van der Waals surface area contributed by atoms with Crippen LogP contribution in [0.25, 0.3) is 11.4 Å². The van der Waals surface area contributed by atoms with Crippen molar-refractivity contribution in [3.8, 4) is 11.4 Å². The quantitative estimate of drug-likeness (QED) is 0.566. The van der Waals surface area contributed by atoms with Crippen LogP contribution in [0.5, 0.6) is 0 Å². The summed E-state index contributed by atoms with van der Waals surface area (Å²) >= 11 is 0. The van der Waals surface area contributed by atoms with Gasteiger partial charge >= 0.3 is 0 Å². The smallest absolute Gasteiger partial charge is 0.235 e. The number of likely N-dealkylation sites (tertiary alicyclic amines) is 2. The summed E-state index contributed by atoms with van der Waals surface area (Å²) in [5.74, 6) is 1.31. The number of aliphatic hydroxyl groups is 1. The van der Waals surface area contributed by atoms with Gasteiger partial charge in [0.05, 0.1) is 5.41 Å². The van der Waals surface area contributed by atoms with Gasteiger partial charge in [-0.05, 0) is 37.1 Å². The molecule has 8 heteroatoms. The average Bonchev–Trinajstić information content (AvgIpc) is 3.43. The topological polar surface area (TPSA) is 95.6 Å². The summed E-state index contributed by atoms with van der Waals surface area (Å²) < 4.78 is 5.63. The lowest BCUT2D eigenvalue weighted by Gasteiger charge is -2.55. The lowest BCUT2D eigenvalue weighted by atomic mass is 9.62. The van der Waals surface area contributed by atoms with E-state index in [1.54, 1.807) is 24.3 Å². The minimum Gasteiger partial charge on any atom is -0.380 e. The monoisotopic (exact) mass is 489 g/mol. The normalized spacial score (nSPS) is 23.7. The zero-order valence-electron chi connectivity index (χ0n) is 21.9. The zero-order chi connectivity index (χ0) is 25.9. The fourth-order valence-electron chi connectivity index (χ4n) is 5.97. The molecule has 2 atom stereocenters. The van der Waals surface area contributed by atoms with Crippen LogP contribution in [0.2, 0.25) is 0 Å². The Kier molecular flexibility index (Phi) is 5.80. The number of rotatable bonds is 6. The Bertz CT molecular complexity index is 1280. The van der Waals surface area contributed by atoms with Crippen molar-refractivity contribution in [2.24, 2.45) is 5.41 Å². The molecule has 3 aromatic rings. The fraction of sp³-hybridized carbons (Fsp3) is 0.500. The van der Waals surface area contributed by atoms with Crippen LogP contribution in [-0.2, 0) is 15.8 Å². The number of carbonyl (C=O) groups excluding carboxylic acids is 1. The Morgan fingerprint density at radius 3 is 2.33 bits per heavy atom. The summed E-state index contributed by atoms with van der Waals surface area (Å²) in [6, 6.07) is 10.2. The van der Waals surface area contributed by atoms with Gasteiger partial charge in [-0.2, -0.15) is 4.98 Å². The van der Waals surface area contributed by atoms with Gasteiger partial charge in [0, 0.05) is 62.0 Å². The predicted molar refractivity (Wildman–Crippen MR) is 136 cm³/mol. The molecule has 2 aliphatic rings. The third-order valence-electron chi connectivity index (χ3n) is 8.02. The van der Waals surface area contributed by atoms with Crippen LogP contribution < -0.4 is 0 Å². The molecule has 1 aromatic carbocycles. The molecule has 0 saturated carbocycles. The number of benzene rings is 1. The molecule has 0 unspecified atom stereocenters. The number of aromatic nitrogens is 3. The largest absolute Gasteiger partial charge is 0.380 e. The van der Waals surface area contributed by atoms with Gasteiger partial charge in [-0.15, -0.1) is 0 Å². The maximum absolute atomic E-state index is 12.5. The van der Waals surface area contributed by atoms with Crippen molar-refractivity contribution in [2.45, 2.75) is 51.0 Å². The number of likely N-dealkylation sites (N-methyl/N-ethyl adjacent to an activating group) is 1. The highest BCUT2D eigenvalue weighted by atomic mass is 16.5. The van der Waals surface area contributed by atoms with Gasteiger partial charge in [0.1, 0.15) is 5.60 Å². The number of pyridine rings is 1. The highest BCUT2D eigenvalue weighted by Crippen LogP contribution is 2.50. The molecule has 8 nitrogen and oxygen atoms in total. The Hall–Kier alpha value is -3.10. The van der Waals surface area contributed by atoms with Gasteiger partial charge in [-0.25, -0.2) is 0 Å². The summed E-state index contributed by atoms with van der Waals surface area (Å²) in [6.07, 6.45) is 3.75. The molecular formula is C28H35N5O3.